The van der Waals surface area contributed by atoms with E-state index in [0.29, 0.717) is 5.82 Å². The Hall–Kier alpha value is -1.82. The van der Waals surface area contributed by atoms with Crippen molar-refractivity contribution in [1.29, 1.82) is 0 Å². The molecule has 6 heteroatoms. The second-order valence-corrected chi connectivity index (χ2v) is 5.45. The molecule has 0 aromatic carbocycles. The van der Waals surface area contributed by atoms with Crippen molar-refractivity contribution in [3.05, 3.63) is 18.2 Å². The topological polar surface area (TPSA) is 60.5 Å². The van der Waals surface area contributed by atoms with Crippen molar-refractivity contribution in [1.82, 2.24) is 15.2 Å². The number of hydrogen-bond donors (Lipinski definition) is 2. The monoisotopic (exact) mass is 277 g/mol. The minimum atomic E-state index is -0.178. The van der Waals surface area contributed by atoms with E-state index in [1.165, 1.54) is 0 Å². The molecule has 2 heterocycles. The van der Waals surface area contributed by atoms with Gasteiger partial charge in [-0.05, 0) is 45.1 Å². The third-order valence-electron chi connectivity index (χ3n) is 3.49. The van der Waals surface area contributed by atoms with E-state index < -0.39 is 0 Å². The molecule has 6 nitrogen and oxygen atoms in total. The number of pyridine rings is 1. The zero-order chi connectivity index (χ0) is 14.5. The molecule has 1 saturated heterocycles. The molecule has 2 rings (SSSR count). The summed E-state index contributed by atoms with van der Waals surface area (Å²) in [7, 11) is 5.95. The van der Waals surface area contributed by atoms with Gasteiger partial charge in [0.15, 0.2) is 0 Å². The van der Waals surface area contributed by atoms with Crippen LogP contribution in [0.1, 0.15) is 12.8 Å². The van der Waals surface area contributed by atoms with Gasteiger partial charge in [0.25, 0.3) is 0 Å². The SMILES string of the molecule is CN1CCC(NC(=O)Nc2cccc(N(C)C)n2)CC1. The van der Waals surface area contributed by atoms with Gasteiger partial charge in [0, 0.05) is 20.1 Å². The molecule has 2 N–H and O–H groups in total. The first-order valence-corrected chi connectivity index (χ1v) is 6.95. The summed E-state index contributed by atoms with van der Waals surface area (Å²) >= 11 is 0. The van der Waals surface area contributed by atoms with E-state index in [-0.39, 0.29) is 12.1 Å². The number of carbonyl (C=O) groups is 1. The van der Waals surface area contributed by atoms with Crippen LogP contribution in [0.5, 0.6) is 0 Å². The lowest BCUT2D eigenvalue weighted by atomic mass is 10.1. The third-order valence-corrected chi connectivity index (χ3v) is 3.49. The van der Waals surface area contributed by atoms with Crippen molar-refractivity contribution >= 4 is 17.7 Å². The van der Waals surface area contributed by atoms with E-state index in [4.69, 9.17) is 0 Å². The van der Waals surface area contributed by atoms with Crippen LogP contribution in [-0.2, 0) is 0 Å². The van der Waals surface area contributed by atoms with E-state index in [1.54, 1.807) is 6.07 Å². The predicted molar refractivity (Wildman–Crippen MR) is 81.2 cm³/mol. The van der Waals surface area contributed by atoms with Gasteiger partial charge in [0.05, 0.1) is 0 Å². The van der Waals surface area contributed by atoms with Crippen molar-refractivity contribution in [2.75, 3.05) is 44.4 Å². The second kappa shape index (κ2) is 6.56. The number of hydrogen-bond acceptors (Lipinski definition) is 4. The molecule has 0 unspecified atom stereocenters. The maximum Gasteiger partial charge on any atom is 0.320 e. The number of anilines is 2. The molecule has 1 aromatic rings. The first-order chi connectivity index (χ1) is 9.54. The van der Waals surface area contributed by atoms with Gasteiger partial charge in [-0.2, -0.15) is 0 Å². The highest BCUT2D eigenvalue weighted by Crippen LogP contribution is 2.12. The van der Waals surface area contributed by atoms with Crippen LogP contribution >= 0.6 is 0 Å². The average Bonchev–Trinajstić information content (AvgIpc) is 2.41. The Morgan fingerprint density at radius 2 is 2.05 bits per heavy atom. The highest BCUT2D eigenvalue weighted by atomic mass is 16.2. The summed E-state index contributed by atoms with van der Waals surface area (Å²) in [6.45, 7) is 2.05. The quantitative estimate of drug-likeness (QED) is 0.876. The normalized spacial score (nSPS) is 16.8. The number of likely N-dealkylation sites (tertiary alicyclic amines) is 1. The van der Waals surface area contributed by atoms with Gasteiger partial charge in [0.2, 0.25) is 0 Å². The fourth-order valence-corrected chi connectivity index (χ4v) is 2.23. The van der Waals surface area contributed by atoms with Crippen LogP contribution in [0.15, 0.2) is 18.2 Å². The van der Waals surface area contributed by atoms with Crippen molar-refractivity contribution in [2.24, 2.45) is 0 Å². The van der Waals surface area contributed by atoms with Crippen molar-refractivity contribution in [2.45, 2.75) is 18.9 Å². The first-order valence-electron chi connectivity index (χ1n) is 6.95. The van der Waals surface area contributed by atoms with Gasteiger partial charge >= 0.3 is 6.03 Å². The minimum Gasteiger partial charge on any atom is -0.363 e. The maximum atomic E-state index is 12.0. The first kappa shape index (κ1) is 14.6. The number of piperidine rings is 1. The molecule has 2 amide bonds. The molecular weight excluding hydrogens is 254 g/mol. The molecule has 20 heavy (non-hydrogen) atoms. The number of carbonyl (C=O) groups excluding carboxylic acids is 1. The summed E-state index contributed by atoms with van der Waals surface area (Å²) in [5.74, 6) is 1.39. The molecule has 0 saturated carbocycles. The third kappa shape index (κ3) is 4.09. The average molecular weight is 277 g/mol. The van der Waals surface area contributed by atoms with Gasteiger partial charge in [-0.1, -0.05) is 6.07 Å². The Balaban J connectivity index is 1.86. The summed E-state index contributed by atoms with van der Waals surface area (Å²) in [5.41, 5.74) is 0. The van der Waals surface area contributed by atoms with Crippen LogP contribution in [0.4, 0.5) is 16.4 Å². The van der Waals surface area contributed by atoms with Crippen LogP contribution in [0, 0.1) is 0 Å². The summed E-state index contributed by atoms with van der Waals surface area (Å²) in [5, 5.41) is 5.80. The molecule has 0 bridgehead atoms. The smallest absolute Gasteiger partial charge is 0.320 e. The number of aromatic nitrogens is 1. The highest BCUT2D eigenvalue weighted by Gasteiger charge is 2.18. The molecule has 0 atom stereocenters. The van der Waals surface area contributed by atoms with Crippen LogP contribution in [-0.4, -0.2) is 56.2 Å². The van der Waals surface area contributed by atoms with Gasteiger partial charge in [-0.15, -0.1) is 0 Å². The van der Waals surface area contributed by atoms with Crippen LogP contribution in [0.3, 0.4) is 0 Å². The lowest BCUT2D eigenvalue weighted by Gasteiger charge is -2.29. The Morgan fingerprint density at radius 3 is 2.70 bits per heavy atom. The minimum absolute atomic E-state index is 0.178. The van der Waals surface area contributed by atoms with E-state index in [1.807, 2.05) is 31.1 Å². The van der Waals surface area contributed by atoms with E-state index in [9.17, 15) is 4.79 Å². The molecular formula is C14H23N5O. The number of nitrogens with one attached hydrogen (secondary N) is 2. The van der Waals surface area contributed by atoms with Crippen LogP contribution in [0.2, 0.25) is 0 Å². The summed E-state index contributed by atoms with van der Waals surface area (Å²) in [6, 6.07) is 5.65. The number of nitrogens with zero attached hydrogens (tertiary/aromatic N) is 3. The lowest BCUT2D eigenvalue weighted by Crippen LogP contribution is -2.44. The number of amides is 2. The predicted octanol–water partition coefficient (Wildman–Crippen LogP) is 1.36. The Kier molecular flexibility index (Phi) is 4.79. The Labute approximate surface area is 120 Å². The van der Waals surface area contributed by atoms with E-state index in [0.717, 1.165) is 31.7 Å². The standard InChI is InChI=1S/C14H23N5O/c1-18(2)13-6-4-5-12(16-13)17-14(20)15-11-7-9-19(3)10-8-11/h4-6,11H,7-10H2,1-3H3,(H2,15,16,17,20). The molecule has 1 aromatic heterocycles. The molecule has 110 valence electrons. The van der Waals surface area contributed by atoms with Gasteiger partial charge in [-0.25, -0.2) is 9.78 Å². The summed E-state index contributed by atoms with van der Waals surface area (Å²) in [4.78, 5) is 20.5. The van der Waals surface area contributed by atoms with Crippen molar-refractivity contribution in [3.8, 4) is 0 Å². The molecule has 1 aliphatic heterocycles. The zero-order valence-corrected chi connectivity index (χ0v) is 12.4. The summed E-state index contributed by atoms with van der Waals surface area (Å²) in [6.07, 6.45) is 1.99. The largest absolute Gasteiger partial charge is 0.363 e. The molecule has 1 aliphatic rings. The molecule has 1 fully saturated rings. The van der Waals surface area contributed by atoms with Gasteiger partial charge in [-0.3, -0.25) is 5.32 Å². The van der Waals surface area contributed by atoms with Gasteiger partial charge in [0.1, 0.15) is 11.6 Å². The second-order valence-electron chi connectivity index (χ2n) is 5.45. The highest BCUT2D eigenvalue weighted by molar-refractivity contribution is 5.88. The Morgan fingerprint density at radius 1 is 1.35 bits per heavy atom. The summed E-state index contributed by atoms with van der Waals surface area (Å²) < 4.78 is 0. The fourth-order valence-electron chi connectivity index (χ4n) is 2.23. The van der Waals surface area contributed by atoms with Crippen molar-refractivity contribution in [3.63, 3.8) is 0 Å². The van der Waals surface area contributed by atoms with E-state index >= 15 is 0 Å². The molecule has 0 aliphatic carbocycles. The van der Waals surface area contributed by atoms with Gasteiger partial charge < -0.3 is 15.1 Å². The lowest BCUT2D eigenvalue weighted by molar-refractivity contribution is 0.221. The number of rotatable bonds is 3. The Bertz CT molecular complexity index is 455. The molecule has 0 spiro atoms. The fraction of sp³-hybridized carbons (Fsp3) is 0.571. The number of urea groups is 1. The van der Waals surface area contributed by atoms with Crippen LogP contribution < -0.4 is 15.5 Å². The molecule has 0 radical (unpaired) electrons. The zero-order valence-electron chi connectivity index (χ0n) is 12.4. The van der Waals surface area contributed by atoms with E-state index in [2.05, 4.69) is 27.6 Å². The van der Waals surface area contributed by atoms with Crippen molar-refractivity contribution < 1.29 is 4.79 Å². The maximum absolute atomic E-state index is 12.0. The van der Waals surface area contributed by atoms with Crippen LogP contribution in [0.25, 0.3) is 0 Å².